The van der Waals surface area contributed by atoms with Crippen LogP contribution in [0.5, 0.6) is 0 Å². The molecule has 0 saturated carbocycles. The Labute approximate surface area is 337 Å². The van der Waals surface area contributed by atoms with Crippen LogP contribution in [0.4, 0.5) is 9.59 Å². The number of ether oxygens (including phenoxy) is 1. The number of likely N-dealkylation sites (tertiary alicyclic amines) is 1. The van der Waals surface area contributed by atoms with Gasteiger partial charge in [0.15, 0.2) is 0 Å². The van der Waals surface area contributed by atoms with E-state index in [9.17, 15) is 37.2 Å². The van der Waals surface area contributed by atoms with E-state index in [2.05, 4.69) is 39.8 Å². The minimum absolute atomic E-state index is 0.0178. The average molecular weight is 816 g/mol. The summed E-state index contributed by atoms with van der Waals surface area (Å²) >= 11 is 0. The first-order valence-corrected chi connectivity index (χ1v) is 21.1. The Bertz CT molecular complexity index is 1770. The molecule has 0 bridgehead atoms. The Hall–Kier alpha value is -4.69. The molecule has 2 aliphatic heterocycles. The number of nitrogens with zero attached hydrogens (tertiary/aromatic N) is 3. The van der Waals surface area contributed by atoms with Crippen LogP contribution in [0.1, 0.15) is 80.1 Å². The number of terminal acetylenes is 1. The number of ketones is 1. The molecule has 3 rings (SSSR count). The van der Waals surface area contributed by atoms with E-state index in [0.717, 1.165) is 29.0 Å². The minimum atomic E-state index is -3.57. The highest BCUT2D eigenvalue weighted by Crippen LogP contribution is 2.30. The van der Waals surface area contributed by atoms with Gasteiger partial charge in [-0.2, -0.15) is 0 Å². The Kier molecular flexibility index (Phi) is 16.1. The van der Waals surface area contributed by atoms with Crippen molar-refractivity contribution >= 4 is 45.7 Å². The lowest BCUT2D eigenvalue weighted by Crippen LogP contribution is -2.62. The van der Waals surface area contributed by atoms with Gasteiger partial charge in [-0.05, 0) is 42.1 Å². The van der Waals surface area contributed by atoms with Gasteiger partial charge in [0.2, 0.25) is 27.6 Å². The van der Waals surface area contributed by atoms with E-state index in [1.807, 2.05) is 26.8 Å². The molecule has 4 N–H and O–H groups in total. The molecule has 0 aromatic rings. The minimum Gasteiger partial charge on any atom is -0.444 e. The van der Waals surface area contributed by atoms with Gasteiger partial charge in [0.05, 0.1) is 18.8 Å². The normalized spacial score (nSPS) is 20.1. The Balaban J connectivity index is 1.92. The largest absolute Gasteiger partial charge is 0.444 e. The number of carbonyl (C=O) groups excluding carboxylic acids is 6. The highest BCUT2D eigenvalue weighted by Gasteiger charge is 2.47. The second-order valence-corrected chi connectivity index (χ2v) is 19.1. The van der Waals surface area contributed by atoms with Gasteiger partial charge in [-0.1, -0.05) is 65.3 Å². The molecule has 6 amide bonds. The zero-order valence-corrected chi connectivity index (χ0v) is 35.4. The highest BCUT2D eigenvalue weighted by atomic mass is 32.2. The summed E-state index contributed by atoms with van der Waals surface area (Å²) in [6, 6.07) is -5.24. The maximum absolute atomic E-state index is 14.6. The fourth-order valence-electron chi connectivity index (χ4n) is 6.76. The molecule has 1 fully saturated rings. The van der Waals surface area contributed by atoms with E-state index >= 15 is 0 Å². The van der Waals surface area contributed by atoms with Crippen LogP contribution in [0.15, 0.2) is 36.0 Å². The van der Waals surface area contributed by atoms with Crippen LogP contribution in [-0.2, 0) is 33.9 Å². The van der Waals surface area contributed by atoms with Crippen molar-refractivity contribution in [1.29, 1.82) is 0 Å². The van der Waals surface area contributed by atoms with Crippen molar-refractivity contribution in [3.63, 3.8) is 0 Å². The molecule has 57 heavy (non-hydrogen) atoms. The molecule has 0 aromatic carbocycles. The number of sulfonamides is 1. The van der Waals surface area contributed by atoms with E-state index in [1.54, 1.807) is 25.7 Å². The second kappa shape index (κ2) is 19.6. The monoisotopic (exact) mass is 815 g/mol. The van der Waals surface area contributed by atoms with Crippen molar-refractivity contribution in [2.75, 3.05) is 46.0 Å². The summed E-state index contributed by atoms with van der Waals surface area (Å²) in [7, 11) is -2.17. The first-order valence-electron chi connectivity index (χ1n) is 19.3. The molecule has 0 spiro atoms. The number of amides is 6. The lowest BCUT2D eigenvalue weighted by atomic mass is 9.85. The molecule has 3 aliphatic rings. The van der Waals surface area contributed by atoms with Crippen LogP contribution in [0, 0.1) is 23.2 Å². The summed E-state index contributed by atoms with van der Waals surface area (Å²) in [5.74, 6) is -0.911. The molecule has 1 aliphatic carbocycles. The Morgan fingerprint density at radius 2 is 1.75 bits per heavy atom. The number of allylic oxidation sites excluding steroid dienone is 1. The van der Waals surface area contributed by atoms with Crippen molar-refractivity contribution in [3.05, 3.63) is 36.0 Å². The van der Waals surface area contributed by atoms with Gasteiger partial charge in [-0.25, -0.2) is 22.3 Å². The predicted molar refractivity (Wildman–Crippen MR) is 216 cm³/mol. The quantitative estimate of drug-likeness (QED) is 0.109. The van der Waals surface area contributed by atoms with E-state index in [-0.39, 0.29) is 38.9 Å². The lowest BCUT2D eigenvalue weighted by Gasteiger charge is -2.37. The number of likely N-dealkylation sites (N-methyl/N-ethyl adjacent to an activating group) is 1. The summed E-state index contributed by atoms with van der Waals surface area (Å²) in [5.41, 5.74) is 0.859. The molecule has 2 heterocycles. The van der Waals surface area contributed by atoms with E-state index in [0.29, 0.717) is 19.5 Å². The van der Waals surface area contributed by atoms with Crippen LogP contribution in [0.3, 0.4) is 0 Å². The molecule has 0 radical (unpaired) electrons. The van der Waals surface area contributed by atoms with Gasteiger partial charge in [-0.15, -0.1) is 18.9 Å². The van der Waals surface area contributed by atoms with Gasteiger partial charge in [-0.3, -0.25) is 19.2 Å². The molecule has 1 unspecified atom stereocenters. The number of urea groups is 1. The molecular weight excluding hydrogens is 755 g/mol. The van der Waals surface area contributed by atoms with E-state index < -0.39 is 86.8 Å². The lowest BCUT2D eigenvalue weighted by molar-refractivity contribution is -0.143. The van der Waals surface area contributed by atoms with Crippen LogP contribution in [0.2, 0.25) is 0 Å². The molecule has 16 nitrogen and oxygen atoms in total. The second-order valence-electron chi connectivity index (χ2n) is 17.0. The van der Waals surface area contributed by atoms with E-state index in [1.165, 1.54) is 23.6 Å². The van der Waals surface area contributed by atoms with Crippen LogP contribution < -0.4 is 21.3 Å². The van der Waals surface area contributed by atoms with Gasteiger partial charge < -0.3 is 35.8 Å². The molecule has 0 aromatic heterocycles. The van der Waals surface area contributed by atoms with Crippen LogP contribution in [0.25, 0.3) is 0 Å². The zero-order chi connectivity index (χ0) is 42.9. The first kappa shape index (κ1) is 46.7. The van der Waals surface area contributed by atoms with Gasteiger partial charge in [0, 0.05) is 52.1 Å². The van der Waals surface area contributed by atoms with E-state index in [4.69, 9.17) is 11.2 Å². The summed E-state index contributed by atoms with van der Waals surface area (Å²) in [6.45, 7) is 14.8. The van der Waals surface area contributed by atoms with Crippen molar-refractivity contribution < 1.29 is 41.9 Å². The standard InChI is InChI=1S/C40H61N7O9S/c1-11-13-18-29(32(48)35(50)41-20-12-2)42-34(49)30-22-28(56-38(53)46-21-19-26-16-14-15-17-27(26)23-46)24-47(30)36(51)33(40(6,7)8)44-37(52)43-31(39(3,4)5)25-45(9)57(10,54)55/h1,12,15,17,28-31,33H,2,13-14,16,18-25H2,3-10H3,(H,41,50)(H,42,49)(H2,43,44,52)/t28-,29?,30+,31-,33-/m1/s1. The van der Waals surface area contributed by atoms with Gasteiger partial charge in [0.25, 0.3) is 5.91 Å². The maximum Gasteiger partial charge on any atom is 0.410 e. The molecular formula is C40H61N7O9S. The SMILES string of the molecule is C#CCCC(NC(=O)[C@@H]1C[C@@H](OC(=O)N2CCC3=C(C=CCC3)C2)CN1C(=O)[C@@H](NC(=O)N[C@H](CN(C)S(C)(=O)=O)C(C)(C)C)C(C)(C)C)C(=O)C(=O)NCC=C. The predicted octanol–water partition coefficient (Wildman–Crippen LogP) is 2.23. The average Bonchev–Trinajstić information content (AvgIpc) is 3.55. The summed E-state index contributed by atoms with van der Waals surface area (Å²) in [4.78, 5) is 84.5. The Morgan fingerprint density at radius 3 is 2.35 bits per heavy atom. The third kappa shape index (κ3) is 13.2. The summed E-state index contributed by atoms with van der Waals surface area (Å²) in [5, 5.41) is 10.6. The smallest absolute Gasteiger partial charge is 0.410 e. The highest BCUT2D eigenvalue weighted by molar-refractivity contribution is 7.88. The maximum atomic E-state index is 14.6. The summed E-state index contributed by atoms with van der Waals surface area (Å²) < 4.78 is 31.5. The number of hydrogen-bond donors (Lipinski definition) is 4. The van der Waals surface area contributed by atoms with Crippen molar-refractivity contribution in [2.45, 2.75) is 110 Å². The van der Waals surface area contributed by atoms with Crippen molar-refractivity contribution in [3.8, 4) is 12.3 Å². The van der Waals surface area contributed by atoms with Gasteiger partial charge >= 0.3 is 12.1 Å². The fraction of sp³-hybridized carbons (Fsp3) is 0.650. The zero-order valence-electron chi connectivity index (χ0n) is 34.6. The van der Waals surface area contributed by atoms with Gasteiger partial charge in [0.1, 0.15) is 18.2 Å². The molecule has 316 valence electrons. The first-order chi connectivity index (χ1) is 26.5. The number of hydrogen-bond acceptors (Lipinski definition) is 9. The molecule has 5 atom stereocenters. The molecule has 1 saturated heterocycles. The van der Waals surface area contributed by atoms with Crippen LogP contribution in [-0.4, -0.2) is 134 Å². The summed E-state index contributed by atoms with van der Waals surface area (Å²) in [6.07, 6.45) is 13.0. The third-order valence-corrected chi connectivity index (χ3v) is 11.7. The molecule has 17 heteroatoms. The van der Waals surface area contributed by atoms with Crippen LogP contribution >= 0.6 is 0 Å². The fourth-order valence-corrected chi connectivity index (χ4v) is 7.18. The van der Waals surface area contributed by atoms with Crippen molar-refractivity contribution in [1.82, 2.24) is 35.4 Å². The Morgan fingerprint density at radius 1 is 1.07 bits per heavy atom. The number of Topliss-reactive ketones (excluding diaryl/α,β-unsaturated/α-hetero) is 1. The number of rotatable bonds is 15. The third-order valence-electron chi connectivity index (χ3n) is 10.4. The van der Waals surface area contributed by atoms with Crippen molar-refractivity contribution in [2.24, 2.45) is 10.8 Å². The topological polar surface area (TPSA) is 204 Å². The number of carbonyl (C=O) groups is 6. The number of nitrogens with one attached hydrogen (secondary N) is 4.